The summed E-state index contributed by atoms with van der Waals surface area (Å²) in [7, 11) is 0. The molecule has 0 aliphatic carbocycles. The molecular weight excluding hydrogens is 306 g/mol. The largest absolute Gasteiger partial charge is 0.494 e. The molecule has 0 saturated heterocycles. The molecule has 0 saturated carbocycles. The van der Waals surface area contributed by atoms with Crippen molar-refractivity contribution in [3.63, 3.8) is 0 Å². The van der Waals surface area contributed by atoms with Crippen LogP contribution in [0.3, 0.4) is 0 Å². The number of nitrogens with zero attached hydrogens (tertiary/aromatic N) is 1. The fourth-order valence-electron chi connectivity index (χ4n) is 3.19. The summed E-state index contributed by atoms with van der Waals surface area (Å²) in [6.07, 6.45) is 0. The number of ether oxygens (including phenoxy) is 1. The van der Waals surface area contributed by atoms with E-state index in [1.54, 1.807) is 4.90 Å². The summed E-state index contributed by atoms with van der Waals surface area (Å²) in [5.41, 5.74) is 2.23. The fourth-order valence-corrected chi connectivity index (χ4v) is 3.19. The van der Waals surface area contributed by atoms with Gasteiger partial charge in [-0.05, 0) is 30.5 Å². The van der Waals surface area contributed by atoms with Crippen LogP contribution in [0.1, 0.15) is 32.4 Å². The van der Waals surface area contributed by atoms with Crippen molar-refractivity contribution in [1.82, 2.24) is 15.5 Å². The maximum atomic E-state index is 12.8. The molecule has 2 N–H and O–H groups in total. The van der Waals surface area contributed by atoms with Crippen LogP contribution in [-0.4, -0.2) is 36.5 Å². The lowest BCUT2D eigenvalue weighted by atomic mass is 9.96. The van der Waals surface area contributed by atoms with Crippen LogP contribution < -0.4 is 15.4 Å². The summed E-state index contributed by atoms with van der Waals surface area (Å²) in [5, 5.41) is 5.65. The molecule has 2 heterocycles. The second-order valence-electron chi connectivity index (χ2n) is 6.51. The molecule has 1 atom stereocenters. The highest BCUT2D eigenvalue weighted by atomic mass is 16.5. The zero-order chi connectivity index (χ0) is 17.3. The lowest BCUT2D eigenvalue weighted by Crippen LogP contribution is -2.44. The summed E-state index contributed by atoms with van der Waals surface area (Å²) in [6, 6.07) is 6.81. The maximum Gasteiger partial charge on any atom is 0.319 e. The van der Waals surface area contributed by atoms with Gasteiger partial charge in [-0.15, -0.1) is 0 Å². The highest BCUT2D eigenvalue weighted by molar-refractivity contribution is 6.01. The van der Waals surface area contributed by atoms with Gasteiger partial charge in [0.2, 0.25) is 0 Å². The Hall–Kier alpha value is -2.50. The second-order valence-corrected chi connectivity index (χ2v) is 6.51. The Balaban J connectivity index is 1.88. The van der Waals surface area contributed by atoms with Crippen LogP contribution >= 0.6 is 0 Å². The van der Waals surface area contributed by atoms with E-state index in [1.807, 2.05) is 31.2 Å². The molecule has 3 rings (SSSR count). The molecule has 1 aromatic rings. The van der Waals surface area contributed by atoms with Crippen LogP contribution in [0, 0.1) is 5.92 Å². The van der Waals surface area contributed by atoms with Crippen molar-refractivity contribution in [2.75, 3.05) is 19.7 Å². The van der Waals surface area contributed by atoms with Gasteiger partial charge in [-0.1, -0.05) is 26.0 Å². The Morgan fingerprint density at radius 2 is 1.96 bits per heavy atom. The van der Waals surface area contributed by atoms with Gasteiger partial charge in [0.15, 0.2) is 0 Å². The molecule has 0 spiro atoms. The van der Waals surface area contributed by atoms with Gasteiger partial charge in [0.05, 0.1) is 30.5 Å². The lowest BCUT2D eigenvalue weighted by molar-refractivity contribution is -0.126. The first-order valence-corrected chi connectivity index (χ1v) is 8.32. The number of urea groups is 1. The Morgan fingerprint density at radius 3 is 2.58 bits per heavy atom. The van der Waals surface area contributed by atoms with Gasteiger partial charge in [0.25, 0.3) is 5.91 Å². The first kappa shape index (κ1) is 16.4. The normalized spacial score (nSPS) is 20.2. The molecule has 6 heteroatoms. The van der Waals surface area contributed by atoms with Gasteiger partial charge >= 0.3 is 6.03 Å². The molecule has 0 aromatic heterocycles. The van der Waals surface area contributed by atoms with E-state index in [1.165, 1.54) is 0 Å². The van der Waals surface area contributed by atoms with Crippen LogP contribution in [0.15, 0.2) is 35.5 Å². The van der Waals surface area contributed by atoms with E-state index in [4.69, 9.17) is 4.74 Å². The standard InChI is InChI=1S/C18H23N3O3/c1-4-24-13-7-5-12(6-8-13)16-15-14(19-18(23)20-16)10-21(17(15)22)9-11(2)3/h5-8,11,16H,4,9-10H2,1-3H3,(H2,19,20,23)/t16-/m0/s1. The summed E-state index contributed by atoms with van der Waals surface area (Å²) in [6.45, 7) is 7.82. The van der Waals surface area contributed by atoms with Crippen LogP contribution in [-0.2, 0) is 4.79 Å². The SMILES string of the molecule is CCOc1ccc([C@@H]2NC(=O)NC3=C2C(=O)N(CC(C)C)C3)cc1. The average molecular weight is 329 g/mol. The third-order valence-electron chi connectivity index (χ3n) is 4.13. The topological polar surface area (TPSA) is 70.7 Å². The monoisotopic (exact) mass is 329 g/mol. The van der Waals surface area contributed by atoms with Gasteiger partial charge in [0.1, 0.15) is 5.75 Å². The number of rotatable bonds is 5. The van der Waals surface area contributed by atoms with E-state index in [9.17, 15) is 9.59 Å². The number of hydrogen-bond acceptors (Lipinski definition) is 3. The van der Waals surface area contributed by atoms with Crippen LogP contribution in [0.5, 0.6) is 5.75 Å². The molecule has 128 valence electrons. The van der Waals surface area contributed by atoms with Gasteiger partial charge in [-0.25, -0.2) is 4.79 Å². The lowest BCUT2D eigenvalue weighted by Gasteiger charge is -2.25. The zero-order valence-corrected chi connectivity index (χ0v) is 14.3. The first-order chi connectivity index (χ1) is 11.5. The predicted molar refractivity (Wildman–Crippen MR) is 90.5 cm³/mol. The molecule has 24 heavy (non-hydrogen) atoms. The Morgan fingerprint density at radius 1 is 1.25 bits per heavy atom. The molecule has 1 aromatic carbocycles. The highest BCUT2D eigenvalue weighted by Gasteiger charge is 2.40. The third kappa shape index (κ3) is 3.09. The third-order valence-corrected chi connectivity index (χ3v) is 4.13. The number of hydrogen-bond donors (Lipinski definition) is 2. The quantitative estimate of drug-likeness (QED) is 0.870. The fraction of sp³-hybridized carbons (Fsp3) is 0.444. The molecule has 6 nitrogen and oxygen atoms in total. The first-order valence-electron chi connectivity index (χ1n) is 8.32. The molecular formula is C18H23N3O3. The molecule has 2 aliphatic rings. The van der Waals surface area contributed by atoms with Gasteiger partial charge in [-0.3, -0.25) is 4.79 Å². The van der Waals surface area contributed by atoms with Crippen molar-refractivity contribution in [3.8, 4) is 5.75 Å². The van der Waals surface area contributed by atoms with Gasteiger partial charge < -0.3 is 20.3 Å². The summed E-state index contributed by atoms with van der Waals surface area (Å²) in [5.74, 6) is 1.14. The van der Waals surface area contributed by atoms with Crippen molar-refractivity contribution in [3.05, 3.63) is 41.1 Å². The number of amides is 3. The Kier molecular flexibility index (Phi) is 4.46. The number of carbonyl (C=O) groups is 2. The van der Waals surface area contributed by atoms with E-state index in [-0.39, 0.29) is 11.9 Å². The molecule has 0 bridgehead atoms. The maximum absolute atomic E-state index is 12.8. The zero-order valence-electron chi connectivity index (χ0n) is 14.3. The van der Waals surface area contributed by atoms with Crippen molar-refractivity contribution in [2.24, 2.45) is 5.92 Å². The number of nitrogens with one attached hydrogen (secondary N) is 2. The van der Waals surface area contributed by atoms with Crippen molar-refractivity contribution < 1.29 is 14.3 Å². The van der Waals surface area contributed by atoms with E-state index < -0.39 is 6.04 Å². The smallest absolute Gasteiger partial charge is 0.319 e. The average Bonchev–Trinajstić information content (AvgIpc) is 2.83. The van der Waals surface area contributed by atoms with Gasteiger partial charge in [-0.2, -0.15) is 0 Å². The molecule has 0 unspecified atom stereocenters. The van der Waals surface area contributed by atoms with E-state index in [0.717, 1.165) is 11.3 Å². The number of benzene rings is 1. The minimum Gasteiger partial charge on any atom is -0.494 e. The van der Waals surface area contributed by atoms with Crippen LogP contribution in [0.25, 0.3) is 0 Å². The van der Waals surface area contributed by atoms with Crippen molar-refractivity contribution >= 4 is 11.9 Å². The van der Waals surface area contributed by atoms with Crippen LogP contribution in [0.4, 0.5) is 4.79 Å². The summed E-state index contributed by atoms with van der Waals surface area (Å²) >= 11 is 0. The molecule has 3 amide bonds. The van der Waals surface area contributed by atoms with E-state index >= 15 is 0 Å². The molecule has 0 fully saturated rings. The van der Waals surface area contributed by atoms with Crippen molar-refractivity contribution in [2.45, 2.75) is 26.8 Å². The van der Waals surface area contributed by atoms with Gasteiger partial charge in [0, 0.05) is 6.54 Å². The minimum absolute atomic E-state index is 0.00918. The highest BCUT2D eigenvalue weighted by Crippen LogP contribution is 2.33. The molecule has 0 radical (unpaired) electrons. The Labute approximate surface area is 141 Å². The van der Waals surface area contributed by atoms with E-state index in [2.05, 4.69) is 24.5 Å². The minimum atomic E-state index is -0.422. The number of carbonyl (C=O) groups excluding carboxylic acids is 2. The Bertz CT molecular complexity index is 679. The van der Waals surface area contributed by atoms with E-state index in [0.29, 0.717) is 36.9 Å². The summed E-state index contributed by atoms with van der Waals surface area (Å²) < 4.78 is 5.45. The second kappa shape index (κ2) is 6.55. The predicted octanol–water partition coefficient (Wildman–Crippen LogP) is 2.19. The molecule has 2 aliphatic heterocycles. The van der Waals surface area contributed by atoms with Crippen molar-refractivity contribution in [1.29, 1.82) is 0 Å². The summed E-state index contributed by atoms with van der Waals surface area (Å²) in [4.78, 5) is 26.6. The van der Waals surface area contributed by atoms with Crippen LogP contribution in [0.2, 0.25) is 0 Å².